The van der Waals surface area contributed by atoms with Crippen molar-refractivity contribution in [3.8, 4) is 0 Å². The number of nitrogens with zero attached hydrogens (tertiary/aromatic N) is 3. The van der Waals surface area contributed by atoms with Gasteiger partial charge in [-0.2, -0.15) is 0 Å². The van der Waals surface area contributed by atoms with Crippen molar-refractivity contribution in [2.45, 2.75) is 26.3 Å². The molecule has 0 spiro atoms. The fourth-order valence-electron chi connectivity index (χ4n) is 3.42. The second-order valence-electron chi connectivity index (χ2n) is 7.15. The predicted octanol–water partition coefficient (Wildman–Crippen LogP) is 4.02. The first-order valence-electron chi connectivity index (χ1n) is 9.49. The maximum Gasteiger partial charge on any atom is 0.258 e. The molecule has 1 aliphatic heterocycles. The lowest BCUT2D eigenvalue weighted by atomic mass is 10.1. The highest BCUT2D eigenvalue weighted by Crippen LogP contribution is 2.26. The number of unbranched alkanes of at least 4 members (excludes halogenated alkanes) is 1. The molecule has 2 aromatic rings. The summed E-state index contributed by atoms with van der Waals surface area (Å²) < 4.78 is 0. The molecule has 0 atom stereocenters. The zero-order valence-corrected chi connectivity index (χ0v) is 16.1. The monoisotopic (exact) mass is 351 g/mol. The number of fused-ring (bicyclic) bond motifs is 1. The van der Waals surface area contributed by atoms with E-state index in [-0.39, 0.29) is 5.91 Å². The van der Waals surface area contributed by atoms with Gasteiger partial charge in [0.15, 0.2) is 0 Å². The Balaban J connectivity index is 1.81. The molecule has 0 aliphatic carbocycles. The van der Waals surface area contributed by atoms with Gasteiger partial charge in [-0.25, -0.2) is 0 Å². The molecule has 0 fully saturated rings. The molecule has 0 N–H and O–H groups in total. The average molecular weight is 351 g/mol. The summed E-state index contributed by atoms with van der Waals surface area (Å²) in [6.45, 7) is 5.70. The van der Waals surface area contributed by atoms with Crippen LogP contribution in [0.25, 0.3) is 0 Å². The van der Waals surface area contributed by atoms with Gasteiger partial charge < -0.3 is 14.7 Å². The minimum atomic E-state index is 0.0792. The van der Waals surface area contributed by atoms with Gasteiger partial charge in [0.2, 0.25) is 0 Å². The van der Waals surface area contributed by atoms with Gasteiger partial charge in [0.05, 0.1) is 0 Å². The molecule has 26 heavy (non-hydrogen) atoms. The van der Waals surface area contributed by atoms with E-state index < -0.39 is 0 Å². The number of benzene rings is 2. The molecular weight excluding hydrogens is 322 g/mol. The minimum absolute atomic E-state index is 0.0792. The molecule has 1 heterocycles. The van der Waals surface area contributed by atoms with E-state index in [2.05, 4.69) is 55.1 Å². The number of carbonyl (C=O) groups excluding carboxylic acids is 1. The van der Waals surface area contributed by atoms with Gasteiger partial charge in [0.1, 0.15) is 0 Å². The van der Waals surface area contributed by atoms with Gasteiger partial charge in [0, 0.05) is 50.2 Å². The van der Waals surface area contributed by atoms with Crippen molar-refractivity contribution in [2.75, 3.05) is 43.5 Å². The van der Waals surface area contributed by atoms with Crippen molar-refractivity contribution in [1.29, 1.82) is 0 Å². The number of carbonyl (C=O) groups is 1. The highest BCUT2D eigenvalue weighted by Gasteiger charge is 2.23. The molecule has 3 rings (SSSR count). The number of anilines is 2. The minimum Gasteiger partial charge on any atom is -0.375 e. The molecule has 0 unspecified atom stereocenters. The Hall–Kier alpha value is -2.33. The van der Waals surface area contributed by atoms with Crippen molar-refractivity contribution < 1.29 is 4.79 Å². The largest absolute Gasteiger partial charge is 0.375 e. The first kappa shape index (κ1) is 18.5. The standard InChI is InChI=1S/C22H29N3O/c1-4-5-14-24(3)20-12-10-18(11-13-20)22(26)25-16-15-23(2)17-19-8-6-7-9-21(19)25/h6-13H,4-5,14-17H2,1-3H3. The van der Waals surface area contributed by atoms with E-state index >= 15 is 0 Å². The van der Waals surface area contributed by atoms with E-state index in [0.29, 0.717) is 6.54 Å². The van der Waals surface area contributed by atoms with Crippen LogP contribution in [0.5, 0.6) is 0 Å². The van der Waals surface area contributed by atoms with Gasteiger partial charge in [-0.05, 0) is 49.4 Å². The Bertz CT molecular complexity index is 741. The predicted molar refractivity (Wildman–Crippen MR) is 109 cm³/mol. The van der Waals surface area contributed by atoms with E-state index in [0.717, 1.165) is 36.6 Å². The second-order valence-corrected chi connectivity index (χ2v) is 7.15. The molecule has 0 radical (unpaired) electrons. The summed E-state index contributed by atoms with van der Waals surface area (Å²) in [5, 5.41) is 0. The summed E-state index contributed by atoms with van der Waals surface area (Å²) in [7, 11) is 4.21. The van der Waals surface area contributed by atoms with Crippen LogP contribution in [-0.2, 0) is 6.54 Å². The highest BCUT2D eigenvalue weighted by molar-refractivity contribution is 6.06. The van der Waals surface area contributed by atoms with E-state index in [1.807, 2.05) is 29.2 Å². The molecular formula is C22H29N3O. The molecule has 0 bridgehead atoms. The SMILES string of the molecule is CCCCN(C)c1ccc(C(=O)N2CCN(C)Cc3ccccc32)cc1. The van der Waals surface area contributed by atoms with Crippen LogP contribution in [0.4, 0.5) is 11.4 Å². The summed E-state index contributed by atoms with van der Waals surface area (Å²) in [4.78, 5) is 19.6. The smallest absolute Gasteiger partial charge is 0.258 e. The zero-order chi connectivity index (χ0) is 18.5. The summed E-state index contributed by atoms with van der Waals surface area (Å²) in [5.74, 6) is 0.0792. The Morgan fingerprint density at radius 2 is 1.81 bits per heavy atom. The van der Waals surface area contributed by atoms with E-state index in [9.17, 15) is 4.79 Å². The van der Waals surface area contributed by atoms with Crippen molar-refractivity contribution in [2.24, 2.45) is 0 Å². The van der Waals surface area contributed by atoms with Gasteiger partial charge in [-0.1, -0.05) is 31.5 Å². The Morgan fingerprint density at radius 3 is 2.54 bits per heavy atom. The molecule has 1 amide bonds. The van der Waals surface area contributed by atoms with Gasteiger partial charge in [0.25, 0.3) is 5.91 Å². The van der Waals surface area contributed by atoms with Crippen LogP contribution in [0.2, 0.25) is 0 Å². The third-order valence-electron chi connectivity index (χ3n) is 5.08. The summed E-state index contributed by atoms with van der Waals surface area (Å²) in [6.07, 6.45) is 2.36. The number of amides is 1. The van der Waals surface area contributed by atoms with Gasteiger partial charge in [-0.3, -0.25) is 4.79 Å². The van der Waals surface area contributed by atoms with Crippen molar-refractivity contribution >= 4 is 17.3 Å². The summed E-state index contributed by atoms with van der Waals surface area (Å²) >= 11 is 0. The summed E-state index contributed by atoms with van der Waals surface area (Å²) in [6, 6.07) is 16.2. The maximum atomic E-state index is 13.2. The quantitative estimate of drug-likeness (QED) is 0.814. The van der Waals surface area contributed by atoms with Crippen molar-refractivity contribution in [1.82, 2.24) is 4.90 Å². The molecule has 1 aliphatic rings. The topological polar surface area (TPSA) is 26.8 Å². The van der Waals surface area contributed by atoms with Gasteiger partial charge >= 0.3 is 0 Å². The number of rotatable bonds is 5. The molecule has 2 aromatic carbocycles. The molecule has 0 saturated heterocycles. The Kier molecular flexibility index (Phi) is 5.94. The number of para-hydroxylation sites is 1. The van der Waals surface area contributed by atoms with Gasteiger partial charge in [-0.15, -0.1) is 0 Å². The first-order chi connectivity index (χ1) is 12.6. The molecule has 0 saturated carbocycles. The molecule has 138 valence electrons. The zero-order valence-electron chi connectivity index (χ0n) is 16.1. The lowest BCUT2D eigenvalue weighted by Crippen LogP contribution is -2.35. The van der Waals surface area contributed by atoms with Crippen LogP contribution in [0.15, 0.2) is 48.5 Å². The number of hydrogen-bond acceptors (Lipinski definition) is 3. The van der Waals surface area contributed by atoms with Crippen molar-refractivity contribution in [3.05, 3.63) is 59.7 Å². The number of likely N-dealkylation sites (N-methyl/N-ethyl adjacent to an activating group) is 1. The van der Waals surface area contributed by atoms with Crippen molar-refractivity contribution in [3.63, 3.8) is 0 Å². The van der Waals surface area contributed by atoms with Crippen LogP contribution in [0, 0.1) is 0 Å². The summed E-state index contributed by atoms with van der Waals surface area (Å²) in [5.41, 5.74) is 4.14. The lowest BCUT2D eigenvalue weighted by Gasteiger charge is -2.23. The molecule has 4 nitrogen and oxygen atoms in total. The third-order valence-corrected chi connectivity index (χ3v) is 5.08. The number of hydrogen-bond donors (Lipinski definition) is 0. The first-order valence-corrected chi connectivity index (χ1v) is 9.49. The van der Waals surface area contributed by atoms with Crippen LogP contribution in [-0.4, -0.2) is 44.5 Å². The Labute approximate surface area is 157 Å². The second kappa shape index (κ2) is 8.37. The van der Waals surface area contributed by atoms with Crippen LogP contribution >= 0.6 is 0 Å². The van der Waals surface area contributed by atoms with Crippen LogP contribution in [0.1, 0.15) is 35.7 Å². The maximum absolute atomic E-state index is 13.2. The average Bonchev–Trinajstić information content (AvgIpc) is 2.84. The molecule has 4 heteroatoms. The fourth-order valence-corrected chi connectivity index (χ4v) is 3.42. The fraction of sp³-hybridized carbons (Fsp3) is 0.409. The third kappa shape index (κ3) is 4.07. The normalized spacial score (nSPS) is 14.7. The van der Waals surface area contributed by atoms with E-state index in [1.165, 1.54) is 18.4 Å². The van der Waals surface area contributed by atoms with Crippen LogP contribution < -0.4 is 9.80 Å². The lowest BCUT2D eigenvalue weighted by molar-refractivity contribution is 0.0986. The highest BCUT2D eigenvalue weighted by atomic mass is 16.2. The Morgan fingerprint density at radius 1 is 1.08 bits per heavy atom. The van der Waals surface area contributed by atoms with E-state index in [4.69, 9.17) is 0 Å². The van der Waals surface area contributed by atoms with Crippen LogP contribution in [0.3, 0.4) is 0 Å². The molecule has 0 aromatic heterocycles. The van der Waals surface area contributed by atoms with E-state index in [1.54, 1.807) is 0 Å².